The van der Waals surface area contributed by atoms with Gasteiger partial charge in [-0.05, 0) is 42.4 Å². The summed E-state index contributed by atoms with van der Waals surface area (Å²) in [6.07, 6.45) is 10.2. The lowest BCUT2D eigenvalue weighted by molar-refractivity contribution is 0.592. The highest BCUT2D eigenvalue weighted by molar-refractivity contribution is 5.35. The quantitative estimate of drug-likeness (QED) is 0.758. The van der Waals surface area contributed by atoms with E-state index < -0.39 is 0 Å². The number of hydrogen-bond donors (Lipinski definition) is 1. The van der Waals surface area contributed by atoms with Gasteiger partial charge in [0.05, 0.1) is 6.04 Å². The molecule has 0 spiro atoms. The molecule has 0 saturated heterocycles. The zero-order valence-electron chi connectivity index (χ0n) is 9.92. The predicted molar refractivity (Wildman–Crippen MR) is 68.2 cm³/mol. The lowest BCUT2D eigenvalue weighted by Gasteiger charge is -2.11. The van der Waals surface area contributed by atoms with E-state index in [2.05, 4.69) is 36.4 Å². The van der Waals surface area contributed by atoms with E-state index in [1.54, 1.807) is 0 Å². The fourth-order valence-corrected chi connectivity index (χ4v) is 2.30. The van der Waals surface area contributed by atoms with Gasteiger partial charge < -0.3 is 0 Å². The Morgan fingerprint density at radius 1 is 1.38 bits per heavy atom. The average Bonchev–Trinajstić information content (AvgIpc) is 2.77. The molecule has 0 amide bonds. The number of benzene rings is 1. The highest BCUT2D eigenvalue weighted by Crippen LogP contribution is 2.22. The summed E-state index contributed by atoms with van der Waals surface area (Å²) in [7, 11) is 0. The van der Waals surface area contributed by atoms with E-state index >= 15 is 0 Å². The summed E-state index contributed by atoms with van der Waals surface area (Å²) in [5.74, 6) is 2.76. The predicted octanol–water partition coefficient (Wildman–Crippen LogP) is 2.68. The van der Waals surface area contributed by atoms with E-state index in [0.717, 1.165) is 13.0 Å². The normalized spacial score (nSPS) is 15.5. The topological polar surface area (TPSA) is 12.0 Å². The molecule has 0 fully saturated rings. The van der Waals surface area contributed by atoms with Gasteiger partial charge in [0, 0.05) is 6.54 Å². The molecule has 1 aromatic rings. The molecule has 1 aliphatic carbocycles. The van der Waals surface area contributed by atoms with Crippen LogP contribution in [-0.2, 0) is 19.4 Å². The standard InChI is InChI=1S/C15H19N/c1-3-15(4-2)16-11-12-8-9-13-6-5-7-14(13)10-12/h1,8-10,15-16H,4-7,11H2,2H3. The first-order valence-electron chi connectivity index (χ1n) is 6.13. The Hall–Kier alpha value is -1.26. The van der Waals surface area contributed by atoms with E-state index in [-0.39, 0.29) is 6.04 Å². The van der Waals surface area contributed by atoms with Gasteiger partial charge in [-0.3, -0.25) is 5.32 Å². The van der Waals surface area contributed by atoms with Crippen molar-refractivity contribution in [2.24, 2.45) is 0 Å². The van der Waals surface area contributed by atoms with Gasteiger partial charge >= 0.3 is 0 Å². The van der Waals surface area contributed by atoms with Gasteiger partial charge in [0.25, 0.3) is 0 Å². The summed E-state index contributed by atoms with van der Waals surface area (Å²) in [6.45, 7) is 3.00. The van der Waals surface area contributed by atoms with Gasteiger partial charge in [-0.25, -0.2) is 0 Å². The van der Waals surface area contributed by atoms with Crippen LogP contribution < -0.4 is 5.32 Å². The summed E-state index contributed by atoms with van der Waals surface area (Å²) in [5, 5.41) is 3.39. The summed E-state index contributed by atoms with van der Waals surface area (Å²) < 4.78 is 0. The highest BCUT2D eigenvalue weighted by atomic mass is 14.9. The van der Waals surface area contributed by atoms with Gasteiger partial charge in [0.1, 0.15) is 0 Å². The van der Waals surface area contributed by atoms with Gasteiger partial charge in [0.15, 0.2) is 0 Å². The molecule has 0 heterocycles. The summed E-state index contributed by atoms with van der Waals surface area (Å²) in [6, 6.07) is 7.03. The van der Waals surface area contributed by atoms with Crippen molar-refractivity contribution in [3.05, 3.63) is 34.9 Å². The zero-order valence-corrected chi connectivity index (χ0v) is 9.92. The first-order chi connectivity index (χ1) is 7.83. The van der Waals surface area contributed by atoms with Crippen LogP contribution in [0.3, 0.4) is 0 Å². The van der Waals surface area contributed by atoms with Crippen molar-refractivity contribution in [3.63, 3.8) is 0 Å². The highest BCUT2D eigenvalue weighted by Gasteiger charge is 2.10. The van der Waals surface area contributed by atoms with Crippen molar-refractivity contribution in [3.8, 4) is 12.3 Å². The molecule has 1 heteroatoms. The van der Waals surface area contributed by atoms with Crippen LogP contribution in [0.1, 0.15) is 36.5 Å². The summed E-state index contributed by atoms with van der Waals surface area (Å²) >= 11 is 0. The van der Waals surface area contributed by atoms with E-state index in [4.69, 9.17) is 6.42 Å². The average molecular weight is 213 g/mol. The first-order valence-corrected chi connectivity index (χ1v) is 6.13. The molecular weight excluding hydrogens is 194 g/mol. The van der Waals surface area contributed by atoms with Crippen molar-refractivity contribution in [2.45, 2.75) is 45.2 Å². The van der Waals surface area contributed by atoms with Crippen LogP contribution in [-0.4, -0.2) is 6.04 Å². The van der Waals surface area contributed by atoms with Crippen molar-refractivity contribution in [1.29, 1.82) is 0 Å². The second kappa shape index (κ2) is 5.18. The Bertz CT molecular complexity index is 400. The first kappa shape index (κ1) is 11.2. The fourth-order valence-electron chi connectivity index (χ4n) is 2.30. The Kier molecular flexibility index (Phi) is 3.64. The SMILES string of the molecule is C#CC(CC)NCc1ccc2c(c1)CCC2. The second-order valence-corrected chi connectivity index (χ2v) is 4.47. The minimum absolute atomic E-state index is 0.202. The van der Waals surface area contributed by atoms with Crippen molar-refractivity contribution >= 4 is 0 Å². The van der Waals surface area contributed by atoms with Crippen molar-refractivity contribution in [2.75, 3.05) is 0 Å². The number of nitrogens with one attached hydrogen (secondary N) is 1. The maximum absolute atomic E-state index is 5.43. The molecule has 1 nitrogen and oxygen atoms in total. The third kappa shape index (κ3) is 2.46. The van der Waals surface area contributed by atoms with Crippen LogP contribution in [0.5, 0.6) is 0 Å². The monoisotopic (exact) mass is 213 g/mol. The molecule has 0 radical (unpaired) electrons. The van der Waals surface area contributed by atoms with Gasteiger partial charge in [-0.1, -0.05) is 31.0 Å². The van der Waals surface area contributed by atoms with Gasteiger partial charge in [0.2, 0.25) is 0 Å². The number of terminal acetylenes is 1. The zero-order chi connectivity index (χ0) is 11.4. The fraction of sp³-hybridized carbons (Fsp3) is 0.467. The molecule has 84 valence electrons. The van der Waals surface area contributed by atoms with Crippen molar-refractivity contribution in [1.82, 2.24) is 5.32 Å². The molecule has 1 unspecified atom stereocenters. The van der Waals surface area contributed by atoms with Gasteiger partial charge in [-0.2, -0.15) is 0 Å². The third-order valence-corrected chi connectivity index (χ3v) is 3.32. The second-order valence-electron chi connectivity index (χ2n) is 4.47. The van der Waals surface area contributed by atoms with Crippen LogP contribution >= 0.6 is 0 Å². The lowest BCUT2D eigenvalue weighted by atomic mass is 10.1. The minimum Gasteiger partial charge on any atom is -0.300 e. The molecule has 2 rings (SSSR count). The minimum atomic E-state index is 0.202. The maximum Gasteiger partial charge on any atom is 0.0686 e. The largest absolute Gasteiger partial charge is 0.300 e. The number of rotatable bonds is 4. The van der Waals surface area contributed by atoms with Gasteiger partial charge in [-0.15, -0.1) is 6.42 Å². The molecule has 1 aromatic carbocycles. The van der Waals surface area contributed by atoms with Crippen LogP contribution in [0, 0.1) is 12.3 Å². The molecule has 16 heavy (non-hydrogen) atoms. The van der Waals surface area contributed by atoms with Crippen LogP contribution in [0.25, 0.3) is 0 Å². The molecule has 0 aliphatic heterocycles. The molecule has 1 aliphatic rings. The van der Waals surface area contributed by atoms with E-state index in [0.29, 0.717) is 0 Å². The molecule has 0 bridgehead atoms. The van der Waals surface area contributed by atoms with Crippen LogP contribution in [0.2, 0.25) is 0 Å². The van der Waals surface area contributed by atoms with Crippen molar-refractivity contribution < 1.29 is 0 Å². The number of fused-ring (bicyclic) bond motifs is 1. The Labute approximate surface area is 98.3 Å². The molecule has 1 atom stereocenters. The maximum atomic E-state index is 5.43. The third-order valence-electron chi connectivity index (χ3n) is 3.32. The smallest absolute Gasteiger partial charge is 0.0686 e. The number of hydrogen-bond acceptors (Lipinski definition) is 1. The molecule has 0 aromatic heterocycles. The Balaban J connectivity index is 1.98. The van der Waals surface area contributed by atoms with E-state index in [1.807, 2.05) is 0 Å². The molecule has 0 saturated carbocycles. The van der Waals surface area contributed by atoms with E-state index in [1.165, 1.54) is 36.0 Å². The summed E-state index contributed by atoms with van der Waals surface area (Å²) in [5.41, 5.74) is 4.43. The van der Waals surface area contributed by atoms with Crippen LogP contribution in [0.4, 0.5) is 0 Å². The number of aryl methyl sites for hydroxylation is 2. The van der Waals surface area contributed by atoms with E-state index in [9.17, 15) is 0 Å². The van der Waals surface area contributed by atoms with Crippen LogP contribution in [0.15, 0.2) is 18.2 Å². The lowest BCUT2D eigenvalue weighted by Crippen LogP contribution is -2.26. The molecular formula is C15H19N. The molecule has 1 N–H and O–H groups in total. The Morgan fingerprint density at radius 3 is 2.94 bits per heavy atom. The Morgan fingerprint density at radius 2 is 2.19 bits per heavy atom. The summed E-state index contributed by atoms with van der Waals surface area (Å²) in [4.78, 5) is 0.